The first-order valence-electron chi connectivity index (χ1n) is 10.3. The SMILES string of the molecule is COc1ccccc1NC(=O)C1=C(C)Nc2nc(CCCO)nn2[C@@H]1c1ccc(F)cc1. The zero-order valence-corrected chi connectivity index (χ0v) is 17.8. The van der Waals surface area contributed by atoms with Gasteiger partial charge >= 0.3 is 0 Å². The molecule has 1 aliphatic rings. The summed E-state index contributed by atoms with van der Waals surface area (Å²) in [4.78, 5) is 18.0. The monoisotopic (exact) mass is 437 g/mol. The second kappa shape index (κ2) is 9.19. The summed E-state index contributed by atoms with van der Waals surface area (Å²) in [6.45, 7) is 1.82. The van der Waals surface area contributed by atoms with Crippen molar-refractivity contribution in [1.29, 1.82) is 0 Å². The summed E-state index contributed by atoms with van der Waals surface area (Å²) < 4.78 is 20.6. The molecule has 3 aromatic rings. The lowest BCUT2D eigenvalue weighted by Crippen LogP contribution is -2.31. The minimum absolute atomic E-state index is 0.0303. The topological polar surface area (TPSA) is 101 Å². The van der Waals surface area contributed by atoms with Gasteiger partial charge in [-0.25, -0.2) is 9.07 Å². The zero-order chi connectivity index (χ0) is 22.7. The second-order valence-electron chi connectivity index (χ2n) is 7.40. The molecule has 0 saturated carbocycles. The molecule has 32 heavy (non-hydrogen) atoms. The number of halogens is 1. The van der Waals surface area contributed by atoms with E-state index >= 15 is 0 Å². The third-order valence-electron chi connectivity index (χ3n) is 5.24. The molecule has 0 bridgehead atoms. The Morgan fingerprint density at radius 2 is 2.00 bits per heavy atom. The van der Waals surface area contributed by atoms with Crippen LogP contribution in [0.3, 0.4) is 0 Å². The number of rotatable bonds is 7. The number of aryl methyl sites for hydroxylation is 1. The predicted molar refractivity (Wildman–Crippen MR) is 118 cm³/mol. The summed E-state index contributed by atoms with van der Waals surface area (Å²) in [7, 11) is 1.54. The van der Waals surface area contributed by atoms with Crippen LogP contribution >= 0.6 is 0 Å². The highest BCUT2D eigenvalue weighted by Crippen LogP contribution is 2.36. The molecular weight excluding hydrogens is 413 g/mol. The van der Waals surface area contributed by atoms with Gasteiger partial charge in [0.2, 0.25) is 5.95 Å². The molecule has 0 unspecified atom stereocenters. The molecule has 1 aromatic heterocycles. The van der Waals surface area contributed by atoms with Crippen LogP contribution in [-0.2, 0) is 11.2 Å². The normalized spacial score (nSPS) is 15.2. The number of anilines is 2. The fourth-order valence-electron chi connectivity index (χ4n) is 3.72. The Morgan fingerprint density at radius 1 is 1.25 bits per heavy atom. The predicted octanol–water partition coefficient (Wildman–Crippen LogP) is 3.28. The van der Waals surface area contributed by atoms with Gasteiger partial charge in [-0.05, 0) is 43.2 Å². The molecule has 2 aromatic carbocycles. The number of hydrogen-bond acceptors (Lipinski definition) is 6. The fraction of sp³-hybridized carbons (Fsp3) is 0.261. The first-order chi connectivity index (χ1) is 15.5. The van der Waals surface area contributed by atoms with Crippen LogP contribution in [0.5, 0.6) is 5.75 Å². The van der Waals surface area contributed by atoms with Gasteiger partial charge in [-0.2, -0.15) is 10.1 Å². The summed E-state index contributed by atoms with van der Waals surface area (Å²) >= 11 is 0. The number of benzene rings is 2. The zero-order valence-electron chi connectivity index (χ0n) is 17.8. The Kier molecular flexibility index (Phi) is 6.18. The van der Waals surface area contributed by atoms with Crippen molar-refractivity contribution in [2.45, 2.75) is 25.8 Å². The minimum Gasteiger partial charge on any atom is -0.495 e. The number of carbonyl (C=O) groups excluding carboxylic acids is 1. The highest BCUT2D eigenvalue weighted by molar-refractivity contribution is 6.06. The van der Waals surface area contributed by atoms with E-state index in [4.69, 9.17) is 9.84 Å². The summed E-state index contributed by atoms with van der Waals surface area (Å²) in [5.74, 6) is 0.859. The first kappa shape index (κ1) is 21.5. The Hall–Kier alpha value is -3.72. The van der Waals surface area contributed by atoms with Crippen molar-refractivity contribution in [3.8, 4) is 5.75 Å². The Balaban J connectivity index is 1.76. The molecule has 0 fully saturated rings. The molecule has 166 valence electrons. The average Bonchev–Trinajstić information content (AvgIpc) is 3.20. The van der Waals surface area contributed by atoms with Crippen molar-refractivity contribution in [3.05, 3.63) is 77.0 Å². The maximum absolute atomic E-state index is 13.6. The van der Waals surface area contributed by atoms with E-state index in [2.05, 4.69) is 20.7 Å². The molecule has 2 heterocycles. The minimum atomic E-state index is -0.614. The van der Waals surface area contributed by atoms with Crippen LogP contribution < -0.4 is 15.4 Å². The highest BCUT2D eigenvalue weighted by Gasteiger charge is 2.34. The van der Waals surface area contributed by atoms with Crippen molar-refractivity contribution in [2.75, 3.05) is 24.4 Å². The number of aromatic nitrogens is 3. The number of amides is 1. The van der Waals surface area contributed by atoms with E-state index in [1.165, 1.54) is 19.2 Å². The lowest BCUT2D eigenvalue weighted by Gasteiger charge is -2.28. The lowest BCUT2D eigenvalue weighted by molar-refractivity contribution is -0.113. The standard InChI is InChI=1S/C23H24FN5O3/c1-14-20(22(31)26-17-6-3-4-7-18(17)32-2)21(15-9-11-16(24)12-10-15)29-23(25-14)27-19(28-29)8-5-13-30/h3-4,6-7,9-12,21,30H,5,8,13H2,1-2H3,(H,26,31)(H,25,27,28)/t21-/m1/s1. The summed E-state index contributed by atoms with van der Waals surface area (Å²) in [6.07, 6.45) is 1.02. The molecule has 8 nitrogen and oxygen atoms in total. The molecule has 0 radical (unpaired) electrons. The summed E-state index contributed by atoms with van der Waals surface area (Å²) in [5, 5.41) is 19.8. The molecule has 3 N–H and O–H groups in total. The van der Waals surface area contributed by atoms with E-state index in [0.29, 0.717) is 52.9 Å². The van der Waals surface area contributed by atoms with Crippen LogP contribution in [0.25, 0.3) is 0 Å². The number of carbonyl (C=O) groups is 1. The Bertz CT molecular complexity index is 1160. The van der Waals surface area contributed by atoms with Gasteiger partial charge in [0.1, 0.15) is 17.6 Å². The van der Waals surface area contributed by atoms with Crippen molar-refractivity contribution in [2.24, 2.45) is 0 Å². The van der Waals surface area contributed by atoms with Gasteiger partial charge in [0.25, 0.3) is 5.91 Å². The highest BCUT2D eigenvalue weighted by atomic mass is 19.1. The number of aliphatic hydroxyl groups is 1. The van der Waals surface area contributed by atoms with E-state index in [0.717, 1.165) is 0 Å². The molecular formula is C23H24FN5O3. The van der Waals surface area contributed by atoms with Crippen molar-refractivity contribution < 1.29 is 19.0 Å². The molecule has 0 saturated heterocycles. The number of methoxy groups -OCH3 is 1. The number of para-hydroxylation sites is 2. The molecule has 1 aliphatic heterocycles. The van der Waals surface area contributed by atoms with Gasteiger partial charge in [0.15, 0.2) is 5.82 Å². The molecule has 9 heteroatoms. The van der Waals surface area contributed by atoms with Gasteiger partial charge in [-0.3, -0.25) is 4.79 Å². The maximum atomic E-state index is 13.6. The number of ether oxygens (including phenoxy) is 1. The van der Waals surface area contributed by atoms with Crippen molar-refractivity contribution in [1.82, 2.24) is 14.8 Å². The van der Waals surface area contributed by atoms with Crippen molar-refractivity contribution in [3.63, 3.8) is 0 Å². The molecule has 0 aliphatic carbocycles. The number of hydrogen-bond donors (Lipinski definition) is 3. The van der Waals surface area contributed by atoms with Crippen LogP contribution in [0.4, 0.5) is 16.0 Å². The quantitative estimate of drug-likeness (QED) is 0.524. The van der Waals surface area contributed by atoms with Crippen molar-refractivity contribution >= 4 is 17.5 Å². The van der Waals surface area contributed by atoms with E-state index in [-0.39, 0.29) is 18.3 Å². The largest absolute Gasteiger partial charge is 0.495 e. The number of nitrogens with zero attached hydrogens (tertiary/aromatic N) is 3. The van der Waals surface area contributed by atoms with Crippen LogP contribution in [0.2, 0.25) is 0 Å². The molecule has 1 atom stereocenters. The Morgan fingerprint density at radius 3 is 2.72 bits per heavy atom. The lowest BCUT2D eigenvalue weighted by atomic mass is 9.95. The van der Waals surface area contributed by atoms with Gasteiger partial charge in [-0.15, -0.1) is 0 Å². The van der Waals surface area contributed by atoms with Crippen LogP contribution in [-0.4, -0.2) is 39.5 Å². The van der Waals surface area contributed by atoms with Crippen LogP contribution in [0, 0.1) is 5.82 Å². The van der Waals surface area contributed by atoms with Gasteiger partial charge in [-0.1, -0.05) is 24.3 Å². The Labute approximate surface area is 184 Å². The fourth-order valence-corrected chi connectivity index (χ4v) is 3.72. The third kappa shape index (κ3) is 4.19. The smallest absolute Gasteiger partial charge is 0.255 e. The summed E-state index contributed by atoms with van der Waals surface area (Å²) in [6, 6.07) is 12.5. The average molecular weight is 437 g/mol. The van der Waals surface area contributed by atoms with E-state index < -0.39 is 6.04 Å². The van der Waals surface area contributed by atoms with Gasteiger partial charge in [0.05, 0.1) is 18.4 Å². The van der Waals surface area contributed by atoms with E-state index in [1.807, 2.05) is 6.07 Å². The van der Waals surface area contributed by atoms with Crippen LogP contribution in [0.1, 0.15) is 30.8 Å². The molecule has 0 spiro atoms. The molecule has 4 rings (SSSR count). The first-order valence-corrected chi connectivity index (χ1v) is 10.3. The second-order valence-corrected chi connectivity index (χ2v) is 7.40. The number of fused-ring (bicyclic) bond motifs is 1. The number of allylic oxidation sites excluding steroid dienone is 1. The van der Waals surface area contributed by atoms with Gasteiger partial charge in [0, 0.05) is 18.7 Å². The molecule has 1 amide bonds. The number of aliphatic hydroxyl groups excluding tert-OH is 1. The van der Waals surface area contributed by atoms with Crippen LogP contribution in [0.15, 0.2) is 59.8 Å². The summed E-state index contributed by atoms with van der Waals surface area (Å²) in [5.41, 5.74) is 2.26. The van der Waals surface area contributed by atoms with E-state index in [9.17, 15) is 9.18 Å². The van der Waals surface area contributed by atoms with Gasteiger partial charge < -0.3 is 20.5 Å². The van der Waals surface area contributed by atoms with E-state index in [1.54, 1.807) is 41.9 Å². The third-order valence-corrected chi connectivity index (χ3v) is 5.24. The number of nitrogens with one attached hydrogen (secondary N) is 2. The maximum Gasteiger partial charge on any atom is 0.255 e.